The van der Waals surface area contributed by atoms with Gasteiger partial charge < -0.3 is 10.4 Å². The summed E-state index contributed by atoms with van der Waals surface area (Å²) in [4.78, 5) is 12.0. The van der Waals surface area contributed by atoms with Gasteiger partial charge in [0.15, 0.2) is 0 Å². The average Bonchev–Trinajstić information content (AvgIpc) is 2.26. The van der Waals surface area contributed by atoms with Crippen molar-refractivity contribution in [2.75, 3.05) is 0 Å². The molecule has 0 radical (unpaired) electrons. The molecule has 1 aliphatic carbocycles. The topological polar surface area (TPSA) is 49.3 Å². The summed E-state index contributed by atoms with van der Waals surface area (Å²) in [5.74, 6) is 2.17. The van der Waals surface area contributed by atoms with Crippen LogP contribution < -0.4 is 5.32 Å². The number of nitrogens with one attached hydrogen (secondary N) is 1. The molecule has 1 saturated carbocycles. The van der Waals surface area contributed by atoms with E-state index in [1.165, 1.54) is 0 Å². The van der Waals surface area contributed by atoms with Gasteiger partial charge in [-0.2, -0.15) is 0 Å². The molecule has 0 aromatic heterocycles. The Morgan fingerprint density at radius 3 is 2.67 bits per heavy atom. The fourth-order valence-corrected chi connectivity index (χ4v) is 2.24. The Bertz CT molecular complexity index is 395. The number of aliphatic hydroxyl groups is 1. The Labute approximate surface area is 109 Å². The molecule has 18 heavy (non-hydrogen) atoms. The summed E-state index contributed by atoms with van der Waals surface area (Å²) in [5.41, 5.74) is 0.0573. The minimum Gasteiger partial charge on any atom is -0.393 e. The van der Waals surface area contributed by atoms with Crippen LogP contribution in [0.25, 0.3) is 0 Å². The molecule has 0 heterocycles. The van der Waals surface area contributed by atoms with Gasteiger partial charge in [0, 0.05) is 5.54 Å². The number of allylic oxidation sites excluding steroid dienone is 3. The van der Waals surface area contributed by atoms with Crippen molar-refractivity contribution >= 4 is 5.91 Å². The smallest absolute Gasteiger partial charge is 0.260 e. The first-order chi connectivity index (χ1) is 8.53. The Morgan fingerprint density at radius 2 is 2.28 bits per heavy atom. The molecule has 0 aromatic carbocycles. The largest absolute Gasteiger partial charge is 0.393 e. The monoisotopic (exact) mass is 247 g/mol. The second kappa shape index (κ2) is 6.42. The molecule has 1 aliphatic rings. The van der Waals surface area contributed by atoms with Crippen molar-refractivity contribution in [1.82, 2.24) is 5.32 Å². The van der Waals surface area contributed by atoms with E-state index < -0.39 is 6.10 Å². The second-order valence-electron chi connectivity index (χ2n) is 4.89. The van der Waals surface area contributed by atoms with E-state index in [0.29, 0.717) is 12.0 Å². The molecule has 98 valence electrons. The van der Waals surface area contributed by atoms with E-state index >= 15 is 0 Å². The van der Waals surface area contributed by atoms with Crippen LogP contribution >= 0.6 is 0 Å². The van der Waals surface area contributed by atoms with Gasteiger partial charge in [0.2, 0.25) is 0 Å². The number of terminal acetylenes is 1. The predicted molar refractivity (Wildman–Crippen MR) is 72.8 cm³/mol. The van der Waals surface area contributed by atoms with Crippen molar-refractivity contribution in [1.29, 1.82) is 0 Å². The first-order valence-electron chi connectivity index (χ1n) is 6.33. The van der Waals surface area contributed by atoms with Crippen molar-refractivity contribution in [3.8, 4) is 12.3 Å². The molecule has 0 saturated heterocycles. The van der Waals surface area contributed by atoms with Gasteiger partial charge in [-0.1, -0.05) is 18.1 Å². The van der Waals surface area contributed by atoms with Gasteiger partial charge in [0.25, 0.3) is 5.91 Å². The maximum Gasteiger partial charge on any atom is 0.260 e. The number of aliphatic hydroxyl groups excluding tert-OH is 1. The lowest BCUT2D eigenvalue weighted by molar-refractivity contribution is -0.120. The van der Waals surface area contributed by atoms with Crippen LogP contribution in [0.5, 0.6) is 0 Å². The molecular formula is C15H21NO2. The average molecular weight is 247 g/mol. The highest BCUT2D eigenvalue weighted by atomic mass is 16.3. The molecule has 1 atom stereocenters. The summed E-state index contributed by atoms with van der Waals surface area (Å²) in [6.07, 6.45) is 13.6. The molecule has 1 unspecified atom stereocenters. The van der Waals surface area contributed by atoms with Crippen LogP contribution in [-0.2, 0) is 4.79 Å². The predicted octanol–water partition coefficient (Wildman–Crippen LogP) is 1.93. The highest BCUT2D eigenvalue weighted by Crippen LogP contribution is 2.36. The summed E-state index contributed by atoms with van der Waals surface area (Å²) >= 11 is 0. The molecule has 0 bridgehead atoms. The summed E-state index contributed by atoms with van der Waals surface area (Å²) in [7, 11) is 0. The zero-order chi connectivity index (χ0) is 13.6. The number of rotatable bonds is 5. The molecule has 0 aliphatic heterocycles. The third-order valence-corrected chi connectivity index (χ3v) is 3.23. The van der Waals surface area contributed by atoms with Crippen molar-refractivity contribution < 1.29 is 9.90 Å². The minimum absolute atomic E-state index is 0.226. The Kier molecular flexibility index (Phi) is 5.18. The Balaban J connectivity index is 2.70. The third-order valence-electron chi connectivity index (χ3n) is 3.23. The first kappa shape index (κ1) is 14.5. The van der Waals surface area contributed by atoms with Gasteiger partial charge in [-0.15, -0.1) is 6.42 Å². The molecule has 3 heteroatoms. The summed E-state index contributed by atoms with van der Waals surface area (Å²) in [5, 5.41) is 12.5. The van der Waals surface area contributed by atoms with Crippen molar-refractivity contribution in [3.05, 3.63) is 23.8 Å². The number of carbonyl (C=O) groups is 1. The molecule has 2 N–H and O–H groups in total. The maximum absolute atomic E-state index is 12.0. The molecule has 3 nitrogen and oxygen atoms in total. The molecule has 1 rings (SSSR count). The quantitative estimate of drug-likeness (QED) is 0.443. The van der Waals surface area contributed by atoms with Gasteiger partial charge in [-0.05, 0) is 45.6 Å². The van der Waals surface area contributed by atoms with Crippen LogP contribution in [0, 0.1) is 12.3 Å². The molecular weight excluding hydrogens is 226 g/mol. The third kappa shape index (κ3) is 3.75. The maximum atomic E-state index is 12.0. The molecule has 0 spiro atoms. The van der Waals surface area contributed by atoms with Crippen LogP contribution in [0.1, 0.15) is 39.5 Å². The Morgan fingerprint density at radius 1 is 1.61 bits per heavy atom. The lowest BCUT2D eigenvalue weighted by Crippen LogP contribution is -2.55. The molecule has 1 amide bonds. The summed E-state index contributed by atoms with van der Waals surface area (Å²) in [6.45, 7) is 3.60. The lowest BCUT2D eigenvalue weighted by atomic mass is 9.73. The summed E-state index contributed by atoms with van der Waals surface area (Å²) in [6, 6.07) is 0. The highest BCUT2D eigenvalue weighted by Gasteiger charge is 2.39. The van der Waals surface area contributed by atoms with Gasteiger partial charge in [0.1, 0.15) is 0 Å². The van der Waals surface area contributed by atoms with E-state index in [9.17, 15) is 9.90 Å². The van der Waals surface area contributed by atoms with Crippen LogP contribution in [0.4, 0.5) is 0 Å². The van der Waals surface area contributed by atoms with Gasteiger partial charge in [-0.25, -0.2) is 0 Å². The van der Waals surface area contributed by atoms with Crippen molar-refractivity contribution in [2.24, 2.45) is 0 Å². The van der Waals surface area contributed by atoms with E-state index in [-0.39, 0.29) is 11.4 Å². The highest BCUT2D eigenvalue weighted by molar-refractivity contribution is 5.98. The lowest BCUT2D eigenvalue weighted by Gasteiger charge is -2.43. The normalized spacial score (nSPS) is 20.0. The molecule has 1 fully saturated rings. The van der Waals surface area contributed by atoms with Gasteiger partial charge in [-0.3, -0.25) is 4.79 Å². The van der Waals surface area contributed by atoms with Gasteiger partial charge >= 0.3 is 0 Å². The van der Waals surface area contributed by atoms with Crippen LogP contribution in [0.2, 0.25) is 0 Å². The summed E-state index contributed by atoms with van der Waals surface area (Å²) < 4.78 is 0. The van der Waals surface area contributed by atoms with E-state index in [1.807, 2.05) is 13.0 Å². The van der Waals surface area contributed by atoms with Crippen molar-refractivity contribution in [2.45, 2.75) is 51.2 Å². The van der Waals surface area contributed by atoms with E-state index in [4.69, 9.17) is 6.42 Å². The number of carbonyl (C=O) groups excluding carboxylic acids is 1. The molecule has 0 aromatic rings. The number of hydrogen-bond acceptors (Lipinski definition) is 2. The Hall–Kier alpha value is -1.53. The number of hydrogen-bond donors (Lipinski definition) is 2. The zero-order valence-electron chi connectivity index (χ0n) is 11.1. The van der Waals surface area contributed by atoms with Crippen LogP contribution in [-0.4, -0.2) is 22.7 Å². The standard InChI is InChI=1S/C15H21NO2/c1-4-6-8-13(5-2)14(18)16-15(9-7-10-15)11-12(3)17/h2,4,6,8,12,17H,7,9-11H2,1,3H3,(H,16,18)/b6-4-,13-8+. The van der Waals surface area contributed by atoms with Crippen molar-refractivity contribution in [3.63, 3.8) is 0 Å². The zero-order valence-corrected chi connectivity index (χ0v) is 11.1. The number of amides is 1. The minimum atomic E-state index is -0.417. The van der Waals surface area contributed by atoms with E-state index in [1.54, 1.807) is 19.1 Å². The van der Waals surface area contributed by atoms with E-state index in [0.717, 1.165) is 19.3 Å². The fraction of sp³-hybridized carbons (Fsp3) is 0.533. The van der Waals surface area contributed by atoms with E-state index in [2.05, 4.69) is 11.2 Å². The van der Waals surface area contributed by atoms with Gasteiger partial charge in [0.05, 0.1) is 11.7 Å². The first-order valence-corrected chi connectivity index (χ1v) is 6.33. The fourth-order valence-electron chi connectivity index (χ4n) is 2.24. The van der Waals surface area contributed by atoms with Crippen LogP contribution in [0.3, 0.4) is 0 Å². The second-order valence-corrected chi connectivity index (χ2v) is 4.89. The van der Waals surface area contributed by atoms with Crippen LogP contribution in [0.15, 0.2) is 23.8 Å². The SMILES string of the molecule is C#C/C(=C\C=C/C)C(=O)NC1(CC(C)O)CCC1.